The van der Waals surface area contributed by atoms with Gasteiger partial charge in [0.2, 0.25) is 0 Å². The Kier molecular flexibility index (Phi) is 3.64. The SMILES string of the molecule is C=C/C=C(\C)C(=O)CN. The van der Waals surface area contributed by atoms with E-state index in [-0.39, 0.29) is 12.3 Å². The van der Waals surface area contributed by atoms with Gasteiger partial charge < -0.3 is 5.73 Å². The third kappa shape index (κ3) is 2.82. The minimum absolute atomic E-state index is 0.0325. The van der Waals surface area contributed by atoms with E-state index in [0.717, 1.165) is 0 Å². The van der Waals surface area contributed by atoms with Gasteiger partial charge in [-0.15, -0.1) is 0 Å². The van der Waals surface area contributed by atoms with Crippen molar-refractivity contribution < 1.29 is 4.79 Å². The molecule has 0 saturated heterocycles. The summed E-state index contributed by atoms with van der Waals surface area (Å²) in [4.78, 5) is 10.7. The fraction of sp³-hybridized carbons (Fsp3) is 0.286. The summed E-state index contributed by atoms with van der Waals surface area (Å²) in [7, 11) is 0. The van der Waals surface area contributed by atoms with Crippen molar-refractivity contribution >= 4 is 5.78 Å². The lowest BCUT2D eigenvalue weighted by molar-refractivity contribution is -0.114. The van der Waals surface area contributed by atoms with Gasteiger partial charge >= 0.3 is 0 Å². The first kappa shape index (κ1) is 8.11. The molecule has 0 aromatic heterocycles. The largest absolute Gasteiger partial charge is 0.324 e. The molecule has 50 valence electrons. The van der Waals surface area contributed by atoms with Gasteiger partial charge in [-0.1, -0.05) is 18.7 Å². The van der Waals surface area contributed by atoms with Crippen LogP contribution in [0.4, 0.5) is 0 Å². The standard InChI is InChI=1S/C7H11NO/c1-3-4-6(2)7(9)5-8/h3-4H,1,5,8H2,2H3/b6-4+. The van der Waals surface area contributed by atoms with Crippen molar-refractivity contribution in [3.05, 3.63) is 24.3 Å². The van der Waals surface area contributed by atoms with Crippen LogP contribution in [0.5, 0.6) is 0 Å². The molecule has 2 heteroatoms. The number of carbonyl (C=O) groups is 1. The van der Waals surface area contributed by atoms with E-state index in [4.69, 9.17) is 5.73 Å². The third-order valence-corrected chi connectivity index (χ3v) is 0.993. The first-order valence-corrected chi connectivity index (χ1v) is 2.75. The van der Waals surface area contributed by atoms with E-state index in [0.29, 0.717) is 5.57 Å². The van der Waals surface area contributed by atoms with E-state index >= 15 is 0 Å². The highest BCUT2D eigenvalue weighted by Gasteiger charge is 1.97. The van der Waals surface area contributed by atoms with Crippen LogP contribution in [-0.4, -0.2) is 12.3 Å². The lowest BCUT2D eigenvalue weighted by Gasteiger charge is -1.91. The molecule has 0 aromatic rings. The highest BCUT2D eigenvalue weighted by molar-refractivity contribution is 5.96. The molecule has 0 radical (unpaired) electrons. The van der Waals surface area contributed by atoms with E-state index in [1.807, 2.05) is 0 Å². The monoisotopic (exact) mass is 125 g/mol. The Hall–Kier alpha value is -0.890. The number of rotatable bonds is 3. The quantitative estimate of drug-likeness (QED) is 0.444. The number of hydrogen-bond acceptors (Lipinski definition) is 2. The van der Waals surface area contributed by atoms with Gasteiger partial charge in [0.25, 0.3) is 0 Å². The van der Waals surface area contributed by atoms with Gasteiger partial charge in [0.1, 0.15) is 0 Å². The van der Waals surface area contributed by atoms with Gasteiger partial charge in [0.05, 0.1) is 6.54 Å². The van der Waals surface area contributed by atoms with Crippen LogP contribution in [-0.2, 0) is 4.79 Å². The number of Topliss-reactive ketones (excluding diaryl/α,β-unsaturated/α-hetero) is 1. The average molecular weight is 125 g/mol. The zero-order valence-corrected chi connectivity index (χ0v) is 5.55. The Morgan fingerprint density at radius 3 is 2.67 bits per heavy atom. The molecule has 0 rings (SSSR count). The van der Waals surface area contributed by atoms with E-state index in [9.17, 15) is 4.79 Å². The summed E-state index contributed by atoms with van der Waals surface area (Å²) >= 11 is 0. The smallest absolute Gasteiger partial charge is 0.172 e. The van der Waals surface area contributed by atoms with Crippen LogP contribution in [0, 0.1) is 0 Å². The molecule has 0 unspecified atom stereocenters. The Labute approximate surface area is 55.1 Å². The van der Waals surface area contributed by atoms with Crippen LogP contribution in [0.25, 0.3) is 0 Å². The molecule has 0 aromatic carbocycles. The fourth-order valence-corrected chi connectivity index (χ4v) is 0.431. The summed E-state index contributed by atoms with van der Waals surface area (Å²) in [6.07, 6.45) is 3.22. The maximum Gasteiger partial charge on any atom is 0.172 e. The number of nitrogens with two attached hydrogens (primary N) is 1. The molecular weight excluding hydrogens is 114 g/mol. The zero-order valence-electron chi connectivity index (χ0n) is 5.55. The predicted octanol–water partition coefficient (Wildman–Crippen LogP) is 0.647. The molecule has 0 atom stereocenters. The molecule has 0 spiro atoms. The number of allylic oxidation sites excluding steroid dienone is 2. The Bertz CT molecular complexity index is 147. The minimum atomic E-state index is -0.0325. The number of ketones is 1. The molecule has 0 aliphatic rings. The molecule has 9 heavy (non-hydrogen) atoms. The maximum absolute atomic E-state index is 10.7. The molecule has 2 nitrogen and oxygen atoms in total. The highest BCUT2D eigenvalue weighted by Crippen LogP contribution is 1.91. The van der Waals surface area contributed by atoms with Gasteiger partial charge in [-0.25, -0.2) is 0 Å². The predicted molar refractivity (Wildman–Crippen MR) is 38.0 cm³/mol. The second-order valence-electron chi connectivity index (χ2n) is 1.71. The van der Waals surface area contributed by atoms with E-state index < -0.39 is 0 Å². The van der Waals surface area contributed by atoms with Crippen LogP contribution in [0.3, 0.4) is 0 Å². The van der Waals surface area contributed by atoms with E-state index in [1.54, 1.807) is 19.1 Å². The fourth-order valence-electron chi connectivity index (χ4n) is 0.431. The molecule has 0 amide bonds. The van der Waals surface area contributed by atoms with Crippen LogP contribution < -0.4 is 5.73 Å². The van der Waals surface area contributed by atoms with E-state index in [2.05, 4.69) is 6.58 Å². The molecule has 0 fully saturated rings. The Morgan fingerprint density at radius 2 is 2.33 bits per heavy atom. The number of carbonyl (C=O) groups excluding carboxylic acids is 1. The molecule has 0 saturated carbocycles. The van der Waals surface area contributed by atoms with Gasteiger partial charge in [-0.2, -0.15) is 0 Å². The van der Waals surface area contributed by atoms with Crippen molar-refractivity contribution in [2.45, 2.75) is 6.92 Å². The first-order chi connectivity index (χ1) is 4.22. The normalized spacial score (nSPS) is 11.1. The third-order valence-electron chi connectivity index (χ3n) is 0.993. The summed E-state index contributed by atoms with van der Waals surface area (Å²) in [6, 6.07) is 0. The van der Waals surface area contributed by atoms with Gasteiger partial charge in [-0.05, 0) is 12.5 Å². The summed E-state index contributed by atoms with van der Waals surface area (Å²) in [5.41, 5.74) is 5.74. The van der Waals surface area contributed by atoms with Crippen LogP contribution in [0.1, 0.15) is 6.92 Å². The molecule has 0 heterocycles. The summed E-state index contributed by atoms with van der Waals surface area (Å²) < 4.78 is 0. The van der Waals surface area contributed by atoms with Crippen LogP contribution in [0.2, 0.25) is 0 Å². The van der Waals surface area contributed by atoms with Gasteiger partial charge in [-0.3, -0.25) is 4.79 Å². The highest BCUT2D eigenvalue weighted by atomic mass is 16.1. The van der Waals surface area contributed by atoms with Crippen molar-refractivity contribution in [3.8, 4) is 0 Å². The lowest BCUT2D eigenvalue weighted by atomic mass is 10.2. The average Bonchev–Trinajstić information content (AvgIpc) is 1.87. The summed E-state index contributed by atoms with van der Waals surface area (Å²) in [5, 5.41) is 0. The van der Waals surface area contributed by atoms with Gasteiger partial charge in [0.15, 0.2) is 5.78 Å². The lowest BCUT2D eigenvalue weighted by Crippen LogP contribution is -2.13. The van der Waals surface area contributed by atoms with Crippen molar-refractivity contribution in [2.75, 3.05) is 6.54 Å². The van der Waals surface area contributed by atoms with Crippen molar-refractivity contribution in [1.29, 1.82) is 0 Å². The Balaban J connectivity index is 4.01. The van der Waals surface area contributed by atoms with E-state index in [1.165, 1.54) is 0 Å². The van der Waals surface area contributed by atoms with Crippen LogP contribution in [0.15, 0.2) is 24.3 Å². The summed E-state index contributed by atoms with van der Waals surface area (Å²) in [6.45, 7) is 5.25. The molecule has 2 N–H and O–H groups in total. The first-order valence-electron chi connectivity index (χ1n) is 2.75. The molecule has 0 aliphatic carbocycles. The number of hydrogen-bond donors (Lipinski definition) is 1. The zero-order chi connectivity index (χ0) is 7.28. The molecule has 0 aliphatic heterocycles. The summed E-state index contributed by atoms with van der Waals surface area (Å²) in [5.74, 6) is -0.0325. The van der Waals surface area contributed by atoms with Crippen molar-refractivity contribution in [1.82, 2.24) is 0 Å². The second-order valence-corrected chi connectivity index (χ2v) is 1.71. The van der Waals surface area contributed by atoms with Crippen molar-refractivity contribution in [2.24, 2.45) is 5.73 Å². The van der Waals surface area contributed by atoms with Crippen molar-refractivity contribution in [3.63, 3.8) is 0 Å². The minimum Gasteiger partial charge on any atom is -0.324 e. The molecule has 0 bridgehead atoms. The topological polar surface area (TPSA) is 43.1 Å². The molecular formula is C7H11NO. The van der Waals surface area contributed by atoms with Gasteiger partial charge in [0, 0.05) is 0 Å². The van der Waals surface area contributed by atoms with Crippen LogP contribution >= 0.6 is 0 Å². The second kappa shape index (κ2) is 4.04. The Morgan fingerprint density at radius 1 is 1.78 bits per heavy atom. The maximum atomic E-state index is 10.7.